The Bertz CT molecular complexity index is 697. The standard InChI is InChI=1S/C14H17N3O2S/c1-17(10-11-6-8-12(15)9-7-11)13-4-2-3-5-14(13)20(16,18)19/h2-9H,10,15H2,1H3,(H2,16,18,19). The summed E-state index contributed by atoms with van der Waals surface area (Å²) in [5.41, 5.74) is 7.95. The first-order chi connectivity index (χ1) is 9.38. The number of nitrogens with zero attached hydrogens (tertiary/aromatic N) is 1. The molecule has 0 aliphatic heterocycles. The van der Waals surface area contributed by atoms with Crippen molar-refractivity contribution in [2.24, 2.45) is 5.14 Å². The Hall–Kier alpha value is -2.05. The second-order valence-electron chi connectivity index (χ2n) is 4.61. The Kier molecular flexibility index (Phi) is 3.96. The molecule has 5 nitrogen and oxygen atoms in total. The van der Waals surface area contributed by atoms with Gasteiger partial charge in [0.2, 0.25) is 10.0 Å². The molecule has 0 bridgehead atoms. The van der Waals surface area contributed by atoms with E-state index in [1.54, 1.807) is 18.2 Å². The maximum absolute atomic E-state index is 11.6. The lowest BCUT2D eigenvalue weighted by Gasteiger charge is -2.21. The van der Waals surface area contributed by atoms with Crippen LogP contribution in [0.2, 0.25) is 0 Å². The van der Waals surface area contributed by atoms with Crippen molar-refractivity contribution >= 4 is 21.4 Å². The molecule has 0 aromatic heterocycles. The quantitative estimate of drug-likeness (QED) is 0.836. The number of anilines is 2. The predicted octanol–water partition coefficient (Wildman–Crippen LogP) is 1.55. The zero-order valence-corrected chi connectivity index (χ0v) is 12.0. The van der Waals surface area contributed by atoms with E-state index in [1.165, 1.54) is 6.07 Å². The van der Waals surface area contributed by atoms with E-state index in [9.17, 15) is 8.42 Å². The lowest BCUT2D eigenvalue weighted by Crippen LogP contribution is -2.21. The van der Waals surface area contributed by atoms with Crippen molar-refractivity contribution in [3.63, 3.8) is 0 Å². The summed E-state index contributed by atoms with van der Waals surface area (Å²) in [6, 6.07) is 14.1. The maximum atomic E-state index is 11.6. The summed E-state index contributed by atoms with van der Waals surface area (Å²) < 4.78 is 23.2. The molecule has 0 atom stereocenters. The van der Waals surface area contributed by atoms with Gasteiger partial charge in [-0.25, -0.2) is 13.6 Å². The fourth-order valence-electron chi connectivity index (χ4n) is 2.00. The van der Waals surface area contributed by atoms with E-state index in [4.69, 9.17) is 10.9 Å². The summed E-state index contributed by atoms with van der Waals surface area (Å²) in [6.45, 7) is 0.562. The Morgan fingerprint density at radius 3 is 2.25 bits per heavy atom. The van der Waals surface area contributed by atoms with Crippen LogP contribution in [0.15, 0.2) is 53.4 Å². The minimum atomic E-state index is -3.74. The molecule has 0 saturated heterocycles. The Balaban J connectivity index is 2.30. The predicted molar refractivity (Wildman–Crippen MR) is 80.8 cm³/mol. The van der Waals surface area contributed by atoms with Crippen molar-refractivity contribution in [2.75, 3.05) is 17.7 Å². The van der Waals surface area contributed by atoms with Gasteiger partial charge in [-0.3, -0.25) is 0 Å². The molecule has 0 fully saturated rings. The number of nitrogen functional groups attached to an aromatic ring is 1. The van der Waals surface area contributed by atoms with Crippen LogP contribution in [0.4, 0.5) is 11.4 Å². The minimum Gasteiger partial charge on any atom is -0.399 e. The summed E-state index contributed by atoms with van der Waals surface area (Å²) in [5.74, 6) is 0. The summed E-state index contributed by atoms with van der Waals surface area (Å²) >= 11 is 0. The Labute approximate surface area is 118 Å². The number of para-hydroxylation sites is 1. The molecule has 6 heteroatoms. The van der Waals surface area contributed by atoms with E-state index in [2.05, 4.69) is 0 Å². The van der Waals surface area contributed by atoms with Crippen molar-refractivity contribution in [2.45, 2.75) is 11.4 Å². The van der Waals surface area contributed by atoms with Crippen molar-refractivity contribution in [3.8, 4) is 0 Å². The highest BCUT2D eigenvalue weighted by Crippen LogP contribution is 2.24. The highest BCUT2D eigenvalue weighted by Gasteiger charge is 2.16. The number of primary sulfonamides is 1. The number of hydrogen-bond acceptors (Lipinski definition) is 4. The molecular weight excluding hydrogens is 274 g/mol. The van der Waals surface area contributed by atoms with E-state index >= 15 is 0 Å². The van der Waals surface area contributed by atoms with Crippen molar-refractivity contribution < 1.29 is 8.42 Å². The van der Waals surface area contributed by atoms with E-state index < -0.39 is 10.0 Å². The first-order valence-corrected chi connectivity index (χ1v) is 7.60. The van der Waals surface area contributed by atoms with Crippen LogP contribution in [0.25, 0.3) is 0 Å². The number of benzene rings is 2. The van der Waals surface area contributed by atoms with Gasteiger partial charge in [-0.05, 0) is 29.8 Å². The molecule has 106 valence electrons. The van der Waals surface area contributed by atoms with Gasteiger partial charge in [-0.2, -0.15) is 0 Å². The lowest BCUT2D eigenvalue weighted by atomic mass is 10.2. The van der Waals surface area contributed by atoms with E-state index in [0.29, 0.717) is 17.9 Å². The number of nitrogens with two attached hydrogens (primary N) is 2. The smallest absolute Gasteiger partial charge is 0.240 e. The molecule has 0 aliphatic rings. The van der Waals surface area contributed by atoms with Crippen LogP contribution in [-0.2, 0) is 16.6 Å². The second kappa shape index (κ2) is 5.52. The van der Waals surface area contributed by atoms with Gasteiger partial charge < -0.3 is 10.6 Å². The molecule has 4 N–H and O–H groups in total. The van der Waals surface area contributed by atoms with Gasteiger partial charge in [-0.15, -0.1) is 0 Å². The third-order valence-electron chi connectivity index (χ3n) is 2.98. The normalized spacial score (nSPS) is 11.3. The number of hydrogen-bond donors (Lipinski definition) is 2. The van der Waals surface area contributed by atoms with Gasteiger partial charge in [0.05, 0.1) is 5.69 Å². The highest BCUT2D eigenvalue weighted by atomic mass is 32.2. The Morgan fingerprint density at radius 2 is 1.65 bits per heavy atom. The lowest BCUT2D eigenvalue weighted by molar-refractivity contribution is 0.597. The van der Waals surface area contributed by atoms with Crippen LogP contribution in [0, 0.1) is 0 Å². The number of rotatable bonds is 4. The molecule has 0 unspecified atom stereocenters. The summed E-state index contributed by atoms with van der Waals surface area (Å²) in [5, 5.41) is 5.24. The summed E-state index contributed by atoms with van der Waals surface area (Å²) in [6.07, 6.45) is 0. The first-order valence-electron chi connectivity index (χ1n) is 6.05. The van der Waals surface area contributed by atoms with Gasteiger partial charge in [0.15, 0.2) is 0 Å². The second-order valence-corrected chi connectivity index (χ2v) is 6.14. The molecule has 0 radical (unpaired) electrons. The molecule has 0 amide bonds. The molecule has 20 heavy (non-hydrogen) atoms. The number of sulfonamides is 1. The van der Waals surface area contributed by atoms with Crippen LogP contribution in [-0.4, -0.2) is 15.5 Å². The molecule has 2 aromatic rings. The fraction of sp³-hybridized carbons (Fsp3) is 0.143. The minimum absolute atomic E-state index is 0.123. The van der Waals surface area contributed by atoms with Crippen LogP contribution in [0.1, 0.15) is 5.56 Å². The van der Waals surface area contributed by atoms with Crippen LogP contribution in [0.3, 0.4) is 0 Å². The molecular formula is C14H17N3O2S. The average Bonchev–Trinajstić information content (AvgIpc) is 2.40. The SMILES string of the molecule is CN(Cc1ccc(N)cc1)c1ccccc1S(N)(=O)=O. The molecule has 2 aromatic carbocycles. The van der Waals surface area contributed by atoms with Gasteiger partial charge in [-0.1, -0.05) is 24.3 Å². The van der Waals surface area contributed by atoms with E-state index in [0.717, 1.165) is 5.56 Å². The van der Waals surface area contributed by atoms with E-state index in [1.807, 2.05) is 36.2 Å². The van der Waals surface area contributed by atoms with Crippen molar-refractivity contribution in [1.82, 2.24) is 0 Å². The third kappa shape index (κ3) is 3.28. The molecule has 2 rings (SSSR count). The van der Waals surface area contributed by atoms with Crippen molar-refractivity contribution in [3.05, 3.63) is 54.1 Å². The fourth-order valence-corrected chi connectivity index (χ4v) is 2.78. The first kappa shape index (κ1) is 14.4. The van der Waals surface area contributed by atoms with Gasteiger partial charge in [0.1, 0.15) is 4.90 Å². The van der Waals surface area contributed by atoms with Crippen molar-refractivity contribution in [1.29, 1.82) is 0 Å². The summed E-state index contributed by atoms with van der Waals surface area (Å²) in [4.78, 5) is 1.96. The van der Waals surface area contributed by atoms with Crippen LogP contribution < -0.4 is 15.8 Å². The van der Waals surface area contributed by atoms with Gasteiger partial charge in [0, 0.05) is 19.3 Å². The highest BCUT2D eigenvalue weighted by molar-refractivity contribution is 7.89. The molecule has 0 aliphatic carbocycles. The van der Waals surface area contributed by atoms with Gasteiger partial charge in [0.25, 0.3) is 0 Å². The van der Waals surface area contributed by atoms with Gasteiger partial charge >= 0.3 is 0 Å². The molecule has 0 spiro atoms. The Morgan fingerprint density at radius 1 is 1.05 bits per heavy atom. The zero-order valence-electron chi connectivity index (χ0n) is 11.2. The van der Waals surface area contributed by atoms with Crippen LogP contribution in [0.5, 0.6) is 0 Å². The topological polar surface area (TPSA) is 89.4 Å². The largest absolute Gasteiger partial charge is 0.399 e. The zero-order chi connectivity index (χ0) is 14.8. The third-order valence-corrected chi connectivity index (χ3v) is 3.94. The summed E-state index contributed by atoms with van der Waals surface area (Å²) in [7, 11) is -1.92. The van der Waals surface area contributed by atoms with Crippen LogP contribution >= 0.6 is 0 Å². The maximum Gasteiger partial charge on any atom is 0.240 e. The molecule has 0 heterocycles. The molecule has 0 saturated carbocycles. The average molecular weight is 291 g/mol. The van der Waals surface area contributed by atoms with E-state index in [-0.39, 0.29) is 4.90 Å². The monoisotopic (exact) mass is 291 g/mol.